The molecule has 7 heteroatoms. The molecule has 1 aliphatic heterocycles. The molecule has 2 unspecified atom stereocenters. The second kappa shape index (κ2) is 5.90. The number of nitrogens with zero attached hydrogens (tertiary/aromatic N) is 1. The van der Waals surface area contributed by atoms with Crippen LogP contribution in [0.1, 0.15) is 35.4 Å². The first-order chi connectivity index (χ1) is 12.7. The highest BCUT2D eigenvalue weighted by Crippen LogP contribution is 2.66. The van der Waals surface area contributed by atoms with Crippen LogP contribution >= 0.6 is 0 Å². The second-order valence-corrected chi connectivity index (χ2v) is 7.09. The van der Waals surface area contributed by atoms with Gasteiger partial charge in [-0.15, -0.1) is 0 Å². The van der Waals surface area contributed by atoms with E-state index >= 15 is 0 Å². The van der Waals surface area contributed by atoms with Crippen LogP contribution in [0.15, 0.2) is 48.5 Å². The molecule has 2 amide bonds. The molecule has 2 fully saturated rings. The number of imide groups is 1. The summed E-state index contributed by atoms with van der Waals surface area (Å²) >= 11 is 0. The molecule has 2 aliphatic rings. The monoisotopic (exact) mass is 377 g/mol. The maximum absolute atomic E-state index is 13.3. The Hall–Kier alpha value is -2.70. The number of carbonyl (C=O) groups is 2. The van der Waals surface area contributed by atoms with Crippen LogP contribution in [0, 0.1) is 11.2 Å². The van der Waals surface area contributed by atoms with Crippen molar-refractivity contribution in [1.82, 2.24) is 4.90 Å². The average molecular weight is 377 g/mol. The third kappa shape index (κ3) is 2.91. The van der Waals surface area contributed by atoms with Crippen LogP contribution in [-0.2, 0) is 22.3 Å². The fraction of sp³-hybridized carbons (Fsp3) is 0.300. The minimum atomic E-state index is -4.73. The lowest BCUT2D eigenvalue weighted by atomic mass is 9.94. The molecule has 0 radical (unpaired) electrons. The van der Waals surface area contributed by atoms with Gasteiger partial charge < -0.3 is 0 Å². The SMILES string of the molecule is O=C1CC2(CC2c2ccc(F)cc2C(F)(F)F)C(=O)N1Cc1ccccc1. The lowest BCUT2D eigenvalue weighted by Gasteiger charge is -2.16. The van der Waals surface area contributed by atoms with E-state index in [4.69, 9.17) is 0 Å². The number of hydrogen-bond acceptors (Lipinski definition) is 2. The highest BCUT2D eigenvalue weighted by molar-refractivity contribution is 6.08. The first kappa shape index (κ1) is 17.7. The summed E-state index contributed by atoms with van der Waals surface area (Å²) in [6, 6.07) is 11.4. The summed E-state index contributed by atoms with van der Waals surface area (Å²) in [7, 11) is 0. The van der Waals surface area contributed by atoms with Crippen molar-refractivity contribution in [3.63, 3.8) is 0 Å². The number of benzene rings is 2. The number of halogens is 4. The highest BCUT2D eigenvalue weighted by Gasteiger charge is 2.68. The molecule has 1 saturated carbocycles. The van der Waals surface area contributed by atoms with Crippen LogP contribution in [0.5, 0.6) is 0 Å². The Morgan fingerprint density at radius 2 is 1.78 bits per heavy atom. The Labute approximate surface area is 152 Å². The van der Waals surface area contributed by atoms with Gasteiger partial charge in [0.05, 0.1) is 17.5 Å². The zero-order valence-corrected chi connectivity index (χ0v) is 14.1. The van der Waals surface area contributed by atoms with Gasteiger partial charge in [0.15, 0.2) is 0 Å². The van der Waals surface area contributed by atoms with E-state index in [-0.39, 0.29) is 30.9 Å². The zero-order valence-electron chi connectivity index (χ0n) is 14.1. The van der Waals surface area contributed by atoms with Crippen molar-refractivity contribution in [1.29, 1.82) is 0 Å². The van der Waals surface area contributed by atoms with Crippen LogP contribution in [0.25, 0.3) is 0 Å². The third-order valence-corrected chi connectivity index (χ3v) is 5.39. The third-order valence-electron chi connectivity index (χ3n) is 5.39. The summed E-state index contributed by atoms with van der Waals surface area (Å²) in [4.78, 5) is 26.4. The molecule has 0 bridgehead atoms. The van der Waals surface area contributed by atoms with E-state index in [9.17, 15) is 27.2 Å². The minimum Gasteiger partial charge on any atom is -0.278 e. The molecule has 1 saturated heterocycles. The van der Waals surface area contributed by atoms with E-state index < -0.39 is 34.8 Å². The summed E-state index contributed by atoms with van der Waals surface area (Å²) in [5.74, 6) is -2.55. The van der Waals surface area contributed by atoms with Crippen molar-refractivity contribution in [2.45, 2.75) is 31.5 Å². The Morgan fingerprint density at radius 3 is 2.44 bits per heavy atom. The lowest BCUT2D eigenvalue weighted by molar-refractivity contribution is -0.141. The second-order valence-electron chi connectivity index (χ2n) is 7.09. The van der Waals surface area contributed by atoms with E-state index in [1.54, 1.807) is 24.3 Å². The summed E-state index contributed by atoms with van der Waals surface area (Å²) < 4.78 is 53.2. The highest BCUT2D eigenvalue weighted by atomic mass is 19.4. The van der Waals surface area contributed by atoms with Gasteiger partial charge in [-0.25, -0.2) is 4.39 Å². The minimum absolute atomic E-state index is 0.0997. The number of likely N-dealkylation sites (tertiary alicyclic amines) is 1. The molecule has 1 aliphatic carbocycles. The molecule has 1 spiro atoms. The van der Waals surface area contributed by atoms with Crippen molar-refractivity contribution in [3.05, 3.63) is 71.0 Å². The smallest absolute Gasteiger partial charge is 0.278 e. The topological polar surface area (TPSA) is 37.4 Å². The van der Waals surface area contributed by atoms with Crippen LogP contribution in [-0.4, -0.2) is 16.7 Å². The largest absolute Gasteiger partial charge is 0.416 e. The number of alkyl halides is 3. The number of rotatable bonds is 3. The Bertz CT molecular complexity index is 925. The quantitative estimate of drug-likeness (QED) is 0.592. The fourth-order valence-corrected chi connectivity index (χ4v) is 3.97. The molecule has 140 valence electrons. The summed E-state index contributed by atoms with van der Waals surface area (Å²) in [5, 5.41) is 0. The molecule has 2 atom stereocenters. The van der Waals surface area contributed by atoms with Gasteiger partial charge in [0, 0.05) is 12.3 Å². The van der Waals surface area contributed by atoms with Crippen molar-refractivity contribution < 1.29 is 27.2 Å². The molecule has 0 N–H and O–H groups in total. The van der Waals surface area contributed by atoms with E-state index in [0.29, 0.717) is 6.07 Å². The maximum Gasteiger partial charge on any atom is 0.416 e. The van der Waals surface area contributed by atoms with Crippen molar-refractivity contribution in [2.24, 2.45) is 5.41 Å². The summed E-state index contributed by atoms with van der Waals surface area (Å²) in [5.41, 5.74) is -1.56. The Kier molecular flexibility index (Phi) is 3.87. The maximum atomic E-state index is 13.3. The van der Waals surface area contributed by atoms with E-state index in [0.717, 1.165) is 22.6 Å². The van der Waals surface area contributed by atoms with Gasteiger partial charge in [0.2, 0.25) is 11.8 Å². The normalized spacial score (nSPS) is 24.7. The number of hydrogen-bond donors (Lipinski definition) is 0. The molecule has 1 heterocycles. The molecular weight excluding hydrogens is 362 g/mol. The van der Waals surface area contributed by atoms with Crippen LogP contribution in [0.3, 0.4) is 0 Å². The summed E-state index contributed by atoms with van der Waals surface area (Å²) in [6.07, 6.45) is -4.67. The van der Waals surface area contributed by atoms with Gasteiger partial charge in [0.1, 0.15) is 5.82 Å². The first-order valence-corrected chi connectivity index (χ1v) is 8.48. The molecule has 4 rings (SSSR count). The fourth-order valence-electron chi connectivity index (χ4n) is 3.97. The Balaban J connectivity index is 1.63. The van der Waals surface area contributed by atoms with E-state index in [2.05, 4.69) is 0 Å². The van der Waals surface area contributed by atoms with Gasteiger partial charge >= 0.3 is 6.18 Å². The molecule has 27 heavy (non-hydrogen) atoms. The molecule has 2 aromatic rings. The van der Waals surface area contributed by atoms with Crippen molar-refractivity contribution in [2.75, 3.05) is 0 Å². The van der Waals surface area contributed by atoms with Crippen LogP contribution in [0.4, 0.5) is 17.6 Å². The molecule has 3 nitrogen and oxygen atoms in total. The van der Waals surface area contributed by atoms with Gasteiger partial charge in [-0.05, 0) is 29.7 Å². The van der Waals surface area contributed by atoms with E-state index in [1.807, 2.05) is 6.07 Å². The number of carbonyl (C=O) groups excluding carboxylic acids is 2. The van der Waals surface area contributed by atoms with Crippen LogP contribution < -0.4 is 0 Å². The van der Waals surface area contributed by atoms with Gasteiger partial charge in [-0.3, -0.25) is 14.5 Å². The standard InChI is InChI=1S/C20H15F4NO2/c21-13-6-7-14(15(8-13)20(22,23)24)16-9-19(16)10-17(26)25(18(19)27)11-12-4-2-1-3-5-12/h1-8,16H,9-11H2. The average Bonchev–Trinajstić information content (AvgIpc) is 3.28. The van der Waals surface area contributed by atoms with Gasteiger partial charge in [-0.2, -0.15) is 13.2 Å². The van der Waals surface area contributed by atoms with Gasteiger partial charge in [-0.1, -0.05) is 36.4 Å². The molecule has 2 aromatic carbocycles. The predicted octanol–water partition coefficient (Wildman–Crippen LogP) is 4.28. The van der Waals surface area contributed by atoms with Gasteiger partial charge in [0.25, 0.3) is 0 Å². The van der Waals surface area contributed by atoms with E-state index in [1.165, 1.54) is 0 Å². The Morgan fingerprint density at radius 1 is 1.07 bits per heavy atom. The first-order valence-electron chi connectivity index (χ1n) is 8.48. The molecule has 0 aromatic heterocycles. The zero-order chi connectivity index (χ0) is 19.4. The molecular formula is C20H15F4NO2. The lowest BCUT2D eigenvalue weighted by Crippen LogP contribution is -2.31. The summed E-state index contributed by atoms with van der Waals surface area (Å²) in [6.45, 7) is 0.0997. The van der Waals surface area contributed by atoms with Crippen molar-refractivity contribution in [3.8, 4) is 0 Å². The van der Waals surface area contributed by atoms with Crippen molar-refractivity contribution >= 4 is 11.8 Å². The number of amides is 2. The predicted molar refractivity (Wildman–Crippen MR) is 87.8 cm³/mol. The van der Waals surface area contributed by atoms with Crippen LogP contribution in [0.2, 0.25) is 0 Å².